The van der Waals surface area contributed by atoms with E-state index in [1.807, 2.05) is 0 Å². The van der Waals surface area contributed by atoms with Gasteiger partial charge in [-0.1, -0.05) is 54.6 Å². The first-order valence-corrected chi connectivity index (χ1v) is 9.82. The average Bonchev–Trinajstić information content (AvgIpc) is 3.06. The first-order valence-electron chi connectivity index (χ1n) is 9.41. The molecule has 0 unspecified atom stereocenters. The molecule has 0 saturated heterocycles. The monoisotopic (exact) mass is 363 g/mol. The number of benzene rings is 2. The molecule has 1 aromatic heterocycles. The van der Waals surface area contributed by atoms with Crippen LogP contribution in [0.3, 0.4) is 0 Å². The Bertz CT molecular complexity index is 910. The largest absolute Gasteiger partial charge is 0.337 e. The molecule has 3 nitrogen and oxygen atoms in total. The first kappa shape index (κ1) is 17.3. The third-order valence-corrected chi connectivity index (χ3v) is 5.62. The molecule has 0 bridgehead atoms. The van der Waals surface area contributed by atoms with Crippen LogP contribution >= 0.6 is 12.2 Å². The molecule has 0 spiro atoms. The van der Waals surface area contributed by atoms with E-state index in [2.05, 4.69) is 75.7 Å². The molecule has 1 atom stereocenters. The molecule has 26 heavy (non-hydrogen) atoms. The van der Waals surface area contributed by atoms with Crippen LogP contribution in [0.25, 0.3) is 0 Å². The third-order valence-electron chi connectivity index (χ3n) is 5.31. The van der Waals surface area contributed by atoms with Crippen molar-refractivity contribution in [1.29, 1.82) is 0 Å². The summed E-state index contributed by atoms with van der Waals surface area (Å²) in [5, 5.41) is 3.54. The van der Waals surface area contributed by atoms with Crippen molar-refractivity contribution < 1.29 is 0 Å². The predicted molar refractivity (Wildman–Crippen MR) is 109 cm³/mol. The van der Waals surface area contributed by atoms with Gasteiger partial charge in [0.15, 0.2) is 4.77 Å². The summed E-state index contributed by atoms with van der Waals surface area (Å²) >= 11 is 5.59. The van der Waals surface area contributed by atoms with Crippen molar-refractivity contribution in [1.82, 2.24) is 14.9 Å². The minimum Gasteiger partial charge on any atom is -0.337 e. The van der Waals surface area contributed by atoms with Crippen LogP contribution in [0.4, 0.5) is 0 Å². The van der Waals surface area contributed by atoms with Gasteiger partial charge in [0.2, 0.25) is 0 Å². The Morgan fingerprint density at radius 2 is 1.81 bits per heavy atom. The zero-order valence-electron chi connectivity index (χ0n) is 14.9. The van der Waals surface area contributed by atoms with Crippen molar-refractivity contribution >= 4 is 12.2 Å². The highest BCUT2D eigenvalue weighted by atomic mass is 32.1. The average molecular weight is 364 g/mol. The van der Waals surface area contributed by atoms with Gasteiger partial charge in [0, 0.05) is 37.4 Å². The topological polar surface area (TPSA) is 32.8 Å². The summed E-state index contributed by atoms with van der Waals surface area (Å²) < 4.78 is 3.21. The molecule has 3 aromatic rings. The van der Waals surface area contributed by atoms with E-state index in [4.69, 9.17) is 12.2 Å². The summed E-state index contributed by atoms with van der Waals surface area (Å²) in [4.78, 5) is 3.27. The standard InChI is InChI=1S/C22H25N3S/c26-22-24-16-21(12-13-23-15-17-6-2-1-3-7-17)25(22)20-11-10-18-8-4-5-9-19(18)14-20/h1-9,16,20,23H,10-15H2,(H,24,26)/t20-/m0/s1. The Morgan fingerprint density at radius 1 is 1.04 bits per heavy atom. The second-order valence-corrected chi connectivity index (χ2v) is 7.42. The van der Waals surface area contributed by atoms with Gasteiger partial charge in [-0.15, -0.1) is 0 Å². The van der Waals surface area contributed by atoms with Gasteiger partial charge in [-0.25, -0.2) is 0 Å². The second-order valence-electron chi connectivity index (χ2n) is 7.03. The number of imidazole rings is 1. The number of nitrogens with zero attached hydrogens (tertiary/aromatic N) is 1. The quantitative estimate of drug-likeness (QED) is 0.495. The molecule has 0 aliphatic heterocycles. The Labute approximate surface area is 160 Å². The van der Waals surface area contributed by atoms with Crippen LogP contribution in [-0.4, -0.2) is 16.1 Å². The van der Waals surface area contributed by atoms with E-state index in [0.717, 1.165) is 43.5 Å². The maximum absolute atomic E-state index is 5.59. The lowest BCUT2D eigenvalue weighted by Gasteiger charge is -2.27. The van der Waals surface area contributed by atoms with Crippen molar-refractivity contribution in [3.8, 4) is 0 Å². The summed E-state index contributed by atoms with van der Waals surface area (Å²) in [5.41, 5.74) is 5.60. The Morgan fingerprint density at radius 3 is 2.65 bits per heavy atom. The molecule has 2 N–H and O–H groups in total. The molecule has 134 valence electrons. The molecule has 2 aromatic carbocycles. The number of aromatic amines is 1. The van der Waals surface area contributed by atoms with Gasteiger partial charge < -0.3 is 14.9 Å². The molecule has 1 aliphatic rings. The van der Waals surface area contributed by atoms with Gasteiger partial charge in [-0.05, 0) is 48.2 Å². The summed E-state index contributed by atoms with van der Waals surface area (Å²) in [7, 11) is 0. The predicted octanol–water partition coefficient (Wildman–Crippen LogP) is 4.61. The number of aryl methyl sites for hydroxylation is 1. The summed E-state index contributed by atoms with van der Waals surface area (Å²) in [6, 6.07) is 19.8. The van der Waals surface area contributed by atoms with Gasteiger partial charge in [-0.3, -0.25) is 0 Å². The van der Waals surface area contributed by atoms with Crippen LogP contribution in [0.5, 0.6) is 0 Å². The van der Waals surface area contributed by atoms with E-state index >= 15 is 0 Å². The summed E-state index contributed by atoms with van der Waals surface area (Å²) in [6.07, 6.45) is 6.45. The molecule has 1 heterocycles. The van der Waals surface area contributed by atoms with Crippen LogP contribution in [-0.2, 0) is 25.8 Å². The number of nitrogens with one attached hydrogen (secondary N) is 2. The van der Waals surface area contributed by atoms with Crippen LogP contribution in [0.1, 0.15) is 34.8 Å². The molecule has 0 fully saturated rings. The highest BCUT2D eigenvalue weighted by Crippen LogP contribution is 2.30. The number of H-pyrrole nitrogens is 1. The molecular formula is C22H25N3S. The van der Waals surface area contributed by atoms with Gasteiger partial charge in [0.25, 0.3) is 0 Å². The SMILES string of the molecule is S=c1[nH]cc(CCNCc2ccccc2)n1[C@H]1CCc2ccccc2C1. The first-order chi connectivity index (χ1) is 12.8. The highest BCUT2D eigenvalue weighted by Gasteiger charge is 2.22. The molecule has 0 amide bonds. The van der Waals surface area contributed by atoms with E-state index in [1.165, 1.54) is 22.4 Å². The van der Waals surface area contributed by atoms with Crippen molar-refractivity contribution in [3.05, 3.63) is 87.9 Å². The van der Waals surface area contributed by atoms with Crippen LogP contribution in [0, 0.1) is 4.77 Å². The smallest absolute Gasteiger partial charge is 0.177 e. The van der Waals surface area contributed by atoms with Crippen molar-refractivity contribution in [2.24, 2.45) is 0 Å². The van der Waals surface area contributed by atoms with E-state index in [1.54, 1.807) is 0 Å². The van der Waals surface area contributed by atoms with E-state index in [-0.39, 0.29) is 0 Å². The zero-order chi connectivity index (χ0) is 17.8. The fourth-order valence-electron chi connectivity index (χ4n) is 3.95. The lowest BCUT2D eigenvalue weighted by molar-refractivity contribution is 0.425. The van der Waals surface area contributed by atoms with E-state index in [9.17, 15) is 0 Å². The van der Waals surface area contributed by atoms with E-state index < -0.39 is 0 Å². The second kappa shape index (κ2) is 8.02. The van der Waals surface area contributed by atoms with Gasteiger partial charge in [0.1, 0.15) is 0 Å². The lowest BCUT2D eigenvalue weighted by atomic mass is 9.88. The third kappa shape index (κ3) is 3.81. The minimum absolute atomic E-state index is 0.466. The number of hydrogen-bond donors (Lipinski definition) is 2. The van der Waals surface area contributed by atoms with Gasteiger partial charge in [0.05, 0.1) is 0 Å². The number of aromatic nitrogens is 2. The maximum atomic E-state index is 5.59. The number of hydrogen-bond acceptors (Lipinski definition) is 2. The van der Waals surface area contributed by atoms with Gasteiger partial charge >= 0.3 is 0 Å². The fourth-order valence-corrected chi connectivity index (χ4v) is 4.28. The Balaban J connectivity index is 1.41. The van der Waals surface area contributed by atoms with Crippen LogP contribution in [0.2, 0.25) is 0 Å². The van der Waals surface area contributed by atoms with Crippen LogP contribution in [0.15, 0.2) is 60.8 Å². The number of rotatable bonds is 6. The van der Waals surface area contributed by atoms with Gasteiger partial charge in [-0.2, -0.15) is 0 Å². The Kier molecular flexibility index (Phi) is 5.32. The zero-order valence-corrected chi connectivity index (χ0v) is 15.8. The summed E-state index contributed by atoms with van der Waals surface area (Å²) in [6.45, 7) is 1.85. The molecular weight excluding hydrogens is 338 g/mol. The fraction of sp³-hybridized carbons (Fsp3) is 0.318. The van der Waals surface area contributed by atoms with E-state index in [0.29, 0.717) is 6.04 Å². The van der Waals surface area contributed by atoms with Crippen LogP contribution < -0.4 is 5.32 Å². The van der Waals surface area contributed by atoms with Crippen molar-refractivity contribution in [2.45, 2.75) is 38.3 Å². The van der Waals surface area contributed by atoms with Crippen molar-refractivity contribution in [3.63, 3.8) is 0 Å². The maximum Gasteiger partial charge on any atom is 0.177 e. The molecule has 1 aliphatic carbocycles. The number of fused-ring (bicyclic) bond motifs is 1. The molecule has 4 heteroatoms. The lowest BCUT2D eigenvalue weighted by Crippen LogP contribution is -2.23. The summed E-state index contributed by atoms with van der Waals surface area (Å²) in [5.74, 6) is 0. The molecule has 0 saturated carbocycles. The Hall–Kier alpha value is -2.17. The molecule has 4 rings (SSSR count). The minimum atomic E-state index is 0.466. The van der Waals surface area contributed by atoms with Crippen molar-refractivity contribution in [2.75, 3.05) is 6.54 Å². The highest BCUT2D eigenvalue weighted by molar-refractivity contribution is 7.71. The molecule has 0 radical (unpaired) electrons. The normalized spacial score (nSPS) is 16.4.